The average Bonchev–Trinajstić information content (AvgIpc) is 3.43. The van der Waals surface area contributed by atoms with E-state index in [1.807, 2.05) is 23.2 Å². The van der Waals surface area contributed by atoms with E-state index in [1.54, 1.807) is 10.5 Å². The maximum atomic E-state index is 13.2. The van der Waals surface area contributed by atoms with Crippen LogP contribution in [0.4, 0.5) is 11.5 Å². The molecule has 2 aliphatic rings. The number of aromatic nitrogens is 3. The number of anilines is 2. The highest BCUT2D eigenvalue weighted by Crippen LogP contribution is 2.28. The van der Waals surface area contributed by atoms with Gasteiger partial charge in [0.1, 0.15) is 5.82 Å². The molecule has 5 rings (SSSR count). The summed E-state index contributed by atoms with van der Waals surface area (Å²) in [5.41, 5.74) is 2.93. The number of piperidine rings is 1. The van der Waals surface area contributed by atoms with Gasteiger partial charge >= 0.3 is 0 Å². The first-order valence-electron chi connectivity index (χ1n) is 12.8. The minimum Gasteiger partial charge on any atom is -0.356 e. The van der Waals surface area contributed by atoms with Crippen LogP contribution in [0, 0.1) is 5.92 Å². The zero-order valence-corrected chi connectivity index (χ0v) is 20.4. The molecule has 0 saturated carbocycles. The smallest absolute Gasteiger partial charge is 0.261 e. The number of rotatable bonds is 7. The molecule has 0 bridgehead atoms. The number of aryl methyl sites for hydroxylation is 1. The molecule has 2 fully saturated rings. The summed E-state index contributed by atoms with van der Waals surface area (Å²) in [5, 5.41) is 0. The van der Waals surface area contributed by atoms with Gasteiger partial charge in [0.15, 0.2) is 0 Å². The number of benzene rings is 1. The van der Waals surface area contributed by atoms with Crippen LogP contribution in [-0.4, -0.2) is 39.5 Å². The van der Waals surface area contributed by atoms with Crippen molar-refractivity contribution >= 4 is 23.2 Å². The van der Waals surface area contributed by atoms with Crippen molar-refractivity contribution in [1.29, 1.82) is 0 Å². The van der Waals surface area contributed by atoms with Crippen molar-refractivity contribution in [1.82, 2.24) is 14.0 Å². The number of nitrogens with zero attached hydrogens (tertiary/aromatic N) is 5. The molecule has 2 aromatic heterocycles. The van der Waals surface area contributed by atoms with Crippen molar-refractivity contribution in [2.24, 2.45) is 5.92 Å². The SMILES string of the molecule is CCCCCn1c(-c2ccc(N3CCCC3=O)cc2)cn2c(=O)cc(N3CCCC(C)C3)nc12. The fraction of sp³-hybridized carbons (Fsp3) is 0.519. The number of hydrogen-bond donors (Lipinski definition) is 0. The summed E-state index contributed by atoms with van der Waals surface area (Å²) in [5.74, 6) is 2.31. The van der Waals surface area contributed by atoms with Gasteiger partial charge in [0.25, 0.3) is 5.56 Å². The molecule has 1 unspecified atom stereocenters. The second-order valence-corrected chi connectivity index (χ2v) is 9.88. The summed E-state index contributed by atoms with van der Waals surface area (Å²) >= 11 is 0. The van der Waals surface area contributed by atoms with Crippen molar-refractivity contribution in [3.8, 4) is 11.3 Å². The molecule has 0 N–H and O–H groups in total. The maximum absolute atomic E-state index is 13.2. The molecule has 0 spiro atoms. The molecule has 0 radical (unpaired) electrons. The van der Waals surface area contributed by atoms with Crippen LogP contribution in [0.2, 0.25) is 0 Å². The normalized spacial score (nSPS) is 18.9. The highest BCUT2D eigenvalue weighted by atomic mass is 16.2. The first kappa shape index (κ1) is 22.7. The highest BCUT2D eigenvalue weighted by Gasteiger charge is 2.23. The fourth-order valence-electron chi connectivity index (χ4n) is 5.34. The Morgan fingerprint density at radius 3 is 2.59 bits per heavy atom. The molecule has 180 valence electrons. The Morgan fingerprint density at radius 1 is 1.06 bits per heavy atom. The molecular formula is C27H35N5O2. The Labute approximate surface area is 201 Å². The second-order valence-electron chi connectivity index (χ2n) is 9.88. The van der Waals surface area contributed by atoms with E-state index in [-0.39, 0.29) is 11.5 Å². The summed E-state index contributed by atoms with van der Waals surface area (Å²) in [6, 6.07) is 9.84. The van der Waals surface area contributed by atoms with E-state index >= 15 is 0 Å². The van der Waals surface area contributed by atoms with Crippen molar-refractivity contribution in [3.63, 3.8) is 0 Å². The van der Waals surface area contributed by atoms with E-state index in [9.17, 15) is 9.59 Å². The molecule has 7 heteroatoms. The van der Waals surface area contributed by atoms with Crippen LogP contribution in [0.5, 0.6) is 0 Å². The van der Waals surface area contributed by atoms with Crippen LogP contribution in [0.1, 0.15) is 58.8 Å². The lowest BCUT2D eigenvalue weighted by Gasteiger charge is -2.31. The van der Waals surface area contributed by atoms with E-state index in [0.717, 1.165) is 81.0 Å². The largest absolute Gasteiger partial charge is 0.356 e. The topological polar surface area (TPSA) is 62.9 Å². The molecule has 2 aliphatic heterocycles. The van der Waals surface area contributed by atoms with Gasteiger partial charge in [-0.25, -0.2) is 0 Å². The minimum atomic E-state index is -0.0343. The fourth-order valence-corrected chi connectivity index (χ4v) is 5.34. The molecule has 1 amide bonds. The van der Waals surface area contributed by atoms with Crippen LogP contribution in [-0.2, 0) is 11.3 Å². The Bertz CT molecular complexity index is 1230. The number of amides is 1. The number of fused-ring (bicyclic) bond motifs is 1. The average molecular weight is 462 g/mol. The van der Waals surface area contributed by atoms with E-state index in [2.05, 4.69) is 35.4 Å². The van der Waals surface area contributed by atoms with Gasteiger partial charge in [-0.05, 0) is 49.3 Å². The third-order valence-corrected chi connectivity index (χ3v) is 7.22. The highest BCUT2D eigenvalue weighted by molar-refractivity contribution is 5.95. The van der Waals surface area contributed by atoms with Gasteiger partial charge in [-0.3, -0.25) is 14.0 Å². The summed E-state index contributed by atoms with van der Waals surface area (Å²) in [6.07, 6.45) is 9.14. The van der Waals surface area contributed by atoms with Crippen molar-refractivity contribution in [3.05, 3.63) is 46.9 Å². The lowest BCUT2D eigenvalue weighted by atomic mass is 10.0. The quantitative estimate of drug-likeness (QED) is 0.478. The Kier molecular flexibility index (Phi) is 6.44. The second kappa shape index (κ2) is 9.65. The predicted octanol–water partition coefficient (Wildman–Crippen LogP) is 4.72. The van der Waals surface area contributed by atoms with Gasteiger partial charge in [-0.2, -0.15) is 4.98 Å². The van der Waals surface area contributed by atoms with Crippen LogP contribution >= 0.6 is 0 Å². The Balaban J connectivity index is 1.55. The molecule has 1 aromatic carbocycles. The van der Waals surface area contributed by atoms with Crippen LogP contribution in [0.3, 0.4) is 0 Å². The lowest BCUT2D eigenvalue weighted by Crippen LogP contribution is -2.35. The number of imidazole rings is 1. The molecule has 4 heterocycles. The van der Waals surface area contributed by atoms with Crippen LogP contribution in [0.15, 0.2) is 41.3 Å². The molecule has 1 atom stereocenters. The van der Waals surface area contributed by atoms with E-state index < -0.39 is 0 Å². The molecule has 3 aromatic rings. The van der Waals surface area contributed by atoms with Gasteiger partial charge in [0, 0.05) is 50.6 Å². The van der Waals surface area contributed by atoms with Crippen molar-refractivity contribution in [2.75, 3.05) is 29.4 Å². The Hall–Kier alpha value is -3.09. The number of carbonyl (C=O) groups is 1. The minimum absolute atomic E-state index is 0.0343. The van der Waals surface area contributed by atoms with Crippen LogP contribution in [0.25, 0.3) is 17.0 Å². The first-order chi connectivity index (χ1) is 16.5. The summed E-state index contributed by atoms with van der Waals surface area (Å²) in [4.78, 5) is 34.4. The number of unbranched alkanes of at least 4 members (excludes halogenated alkanes) is 2. The van der Waals surface area contributed by atoms with Gasteiger partial charge in [0.2, 0.25) is 11.7 Å². The molecule has 34 heavy (non-hydrogen) atoms. The number of carbonyl (C=O) groups excluding carboxylic acids is 1. The van der Waals surface area contributed by atoms with Crippen molar-refractivity contribution in [2.45, 2.75) is 65.3 Å². The van der Waals surface area contributed by atoms with Gasteiger partial charge in [0.05, 0.1) is 5.69 Å². The monoisotopic (exact) mass is 461 g/mol. The predicted molar refractivity (Wildman–Crippen MR) is 137 cm³/mol. The van der Waals surface area contributed by atoms with E-state index in [0.29, 0.717) is 18.1 Å². The zero-order valence-electron chi connectivity index (χ0n) is 20.4. The summed E-state index contributed by atoms with van der Waals surface area (Å²) in [6.45, 7) is 7.97. The van der Waals surface area contributed by atoms with Crippen LogP contribution < -0.4 is 15.4 Å². The third kappa shape index (κ3) is 4.36. The third-order valence-electron chi connectivity index (χ3n) is 7.22. The zero-order chi connectivity index (χ0) is 23.7. The number of hydrogen-bond acceptors (Lipinski definition) is 4. The summed E-state index contributed by atoms with van der Waals surface area (Å²) < 4.78 is 3.89. The molecule has 7 nitrogen and oxygen atoms in total. The first-order valence-corrected chi connectivity index (χ1v) is 12.8. The van der Waals surface area contributed by atoms with Gasteiger partial charge in [-0.15, -0.1) is 0 Å². The van der Waals surface area contributed by atoms with Crippen molar-refractivity contribution < 1.29 is 4.79 Å². The standard InChI is InChI=1S/C27H35N5O2/c1-3-4-5-15-31-23(21-10-12-22(13-11-21)30-16-7-9-25(30)33)19-32-26(34)17-24(28-27(31)32)29-14-6-8-20(2)18-29/h10-13,17,19-20H,3-9,14-16,18H2,1-2H3. The van der Waals surface area contributed by atoms with Gasteiger partial charge in [-0.1, -0.05) is 38.8 Å². The van der Waals surface area contributed by atoms with E-state index in [4.69, 9.17) is 4.98 Å². The summed E-state index contributed by atoms with van der Waals surface area (Å²) in [7, 11) is 0. The lowest BCUT2D eigenvalue weighted by molar-refractivity contribution is -0.117. The molecular weight excluding hydrogens is 426 g/mol. The Morgan fingerprint density at radius 2 is 1.88 bits per heavy atom. The molecule has 0 aliphatic carbocycles. The molecule has 2 saturated heterocycles. The maximum Gasteiger partial charge on any atom is 0.261 e. The van der Waals surface area contributed by atoms with E-state index in [1.165, 1.54) is 6.42 Å². The van der Waals surface area contributed by atoms with Gasteiger partial charge < -0.3 is 14.4 Å².